The first-order valence-corrected chi connectivity index (χ1v) is 8.65. The number of anilines is 1. The fourth-order valence-electron chi connectivity index (χ4n) is 3.24. The molecule has 3 aromatic rings. The highest BCUT2D eigenvalue weighted by molar-refractivity contribution is 5.96. The lowest BCUT2D eigenvalue weighted by atomic mass is 9.96. The molecule has 1 aliphatic rings. The molecule has 1 amide bonds. The number of carbonyl (C=O) groups is 1. The van der Waals surface area contributed by atoms with Gasteiger partial charge >= 0.3 is 0 Å². The van der Waals surface area contributed by atoms with Crippen molar-refractivity contribution in [1.82, 2.24) is 9.55 Å². The van der Waals surface area contributed by atoms with E-state index in [9.17, 15) is 9.59 Å². The molecule has 0 atom stereocenters. The van der Waals surface area contributed by atoms with E-state index in [1.54, 1.807) is 24.7 Å². The van der Waals surface area contributed by atoms with Gasteiger partial charge in [0.2, 0.25) is 5.91 Å². The molecule has 0 saturated carbocycles. The minimum atomic E-state index is -0.0283. The van der Waals surface area contributed by atoms with E-state index in [4.69, 9.17) is 9.15 Å². The number of aromatic nitrogens is 2. The van der Waals surface area contributed by atoms with Crippen LogP contribution in [0, 0.1) is 6.92 Å². The van der Waals surface area contributed by atoms with Gasteiger partial charge in [-0.05, 0) is 48.2 Å². The summed E-state index contributed by atoms with van der Waals surface area (Å²) in [5.41, 5.74) is 4.86. The molecular formula is C20H19N3O4. The van der Waals surface area contributed by atoms with Crippen LogP contribution in [0.3, 0.4) is 0 Å². The largest absolute Gasteiger partial charge is 0.485 e. The van der Waals surface area contributed by atoms with E-state index in [0.717, 1.165) is 16.7 Å². The third kappa shape index (κ3) is 3.36. The van der Waals surface area contributed by atoms with Gasteiger partial charge in [0.15, 0.2) is 6.39 Å². The second-order valence-corrected chi connectivity index (χ2v) is 6.65. The zero-order valence-corrected chi connectivity index (χ0v) is 15.1. The van der Waals surface area contributed by atoms with Gasteiger partial charge in [0.1, 0.15) is 24.3 Å². The molecule has 0 fully saturated rings. The van der Waals surface area contributed by atoms with E-state index in [1.165, 1.54) is 12.7 Å². The number of benzene rings is 1. The fourth-order valence-corrected chi connectivity index (χ4v) is 3.24. The van der Waals surface area contributed by atoms with Gasteiger partial charge in [-0.15, -0.1) is 0 Å². The number of carbonyl (C=O) groups excluding carboxylic acids is 1. The highest BCUT2D eigenvalue weighted by Gasteiger charge is 2.21. The Morgan fingerprint density at radius 1 is 1.22 bits per heavy atom. The molecule has 2 aromatic heterocycles. The van der Waals surface area contributed by atoms with Crippen LogP contribution in [0.15, 0.2) is 46.3 Å². The molecule has 1 aromatic carbocycles. The molecule has 0 saturated heterocycles. The summed E-state index contributed by atoms with van der Waals surface area (Å²) in [6.07, 6.45) is 5.75. The maximum Gasteiger partial charge on any atom is 0.253 e. The molecule has 0 bridgehead atoms. The first-order chi connectivity index (χ1) is 13.0. The van der Waals surface area contributed by atoms with Gasteiger partial charge in [-0.1, -0.05) is 0 Å². The number of aryl methyl sites for hydroxylation is 3. The number of oxazole rings is 1. The van der Waals surface area contributed by atoms with Crippen molar-refractivity contribution in [3.63, 3.8) is 0 Å². The van der Waals surface area contributed by atoms with Crippen LogP contribution in [0.25, 0.3) is 11.1 Å². The van der Waals surface area contributed by atoms with Gasteiger partial charge in [0, 0.05) is 25.2 Å². The van der Waals surface area contributed by atoms with Crippen LogP contribution in [0.4, 0.5) is 5.69 Å². The molecule has 4 rings (SSSR count). The van der Waals surface area contributed by atoms with E-state index in [1.807, 2.05) is 18.2 Å². The quantitative estimate of drug-likeness (QED) is 0.768. The Bertz CT molecular complexity index is 1040. The number of nitrogens with zero attached hydrogens (tertiary/aromatic N) is 2. The zero-order chi connectivity index (χ0) is 19.0. The van der Waals surface area contributed by atoms with Crippen molar-refractivity contribution in [3.8, 4) is 16.9 Å². The van der Waals surface area contributed by atoms with Crippen LogP contribution >= 0.6 is 0 Å². The summed E-state index contributed by atoms with van der Waals surface area (Å²) in [4.78, 5) is 27.9. The summed E-state index contributed by atoms with van der Waals surface area (Å²) in [5.74, 6) is 0.546. The van der Waals surface area contributed by atoms with Crippen LogP contribution in [0.1, 0.15) is 23.2 Å². The minimum absolute atomic E-state index is 0.0218. The molecule has 138 valence electrons. The fraction of sp³-hybridized carbons (Fsp3) is 0.250. The van der Waals surface area contributed by atoms with Gasteiger partial charge in [0.25, 0.3) is 5.56 Å². The van der Waals surface area contributed by atoms with Crippen LogP contribution in [0.2, 0.25) is 0 Å². The highest BCUT2D eigenvalue weighted by Crippen LogP contribution is 2.37. The molecule has 1 aliphatic heterocycles. The Kier molecular flexibility index (Phi) is 4.27. The first kappa shape index (κ1) is 17.1. The molecule has 0 aliphatic carbocycles. The van der Waals surface area contributed by atoms with E-state index < -0.39 is 0 Å². The second-order valence-electron chi connectivity index (χ2n) is 6.65. The normalized spacial score (nSPS) is 13.2. The number of nitrogens with one attached hydrogen (secondary N) is 1. The van der Waals surface area contributed by atoms with Crippen molar-refractivity contribution < 1.29 is 13.9 Å². The summed E-state index contributed by atoms with van der Waals surface area (Å²) in [5, 5.41) is 2.91. The first-order valence-electron chi connectivity index (χ1n) is 8.65. The summed E-state index contributed by atoms with van der Waals surface area (Å²) >= 11 is 0. The Balaban J connectivity index is 1.78. The molecule has 3 heterocycles. The Morgan fingerprint density at radius 2 is 2.07 bits per heavy atom. The van der Waals surface area contributed by atoms with E-state index in [2.05, 4.69) is 10.3 Å². The van der Waals surface area contributed by atoms with Gasteiger partial charge in [-0.2, -0.15) is 0 Å². The summed E-state index contributed by atoms with van der Waals surface area (Å²) in [6, 6.07) is 5.79. The lowest BCUT2D eigenvalue weighted by Gasteiger charge is -2.22. The van der Waals surface area contributed by atoms with Crippen LogP contribution in [-0.4, -0.2) is 15.5 Å². The minimum Gasteiger partial charge on any atom is -0.485 e. The zero-order valence-electron chi connectivity index (χ0n) is 15.1. The number of pyridine rings is 1. The molecule has 0 spiro atoms. The number of rotatable bonds is 4. The standard InChI is InChI=1S/C20H19N3O4/c1-12-5-15(8-23(2)20(12)25)14-6-13-3-4-18(24)22-19(13)17(7-14)27-10-16-9-26-11-21-16/h5-9,11H,3-4,10H2,1-2H3,(H,22,24). The van der Waals surface area contributed by atoms with Crippen LogP contribution in [0.5, 0.6) is 5.75 Å². The topological polar surface area (TPSA) is 86.4 Å². The molecule has 0 unspecified atom stereocenters. The van der Waals surface area contributed by atoms with Crippen molar-refractivity contribution in [2.24, 2.45) is 7.05 Å². The second kappa shape index (κ2) is 6.75. The van der Waals surface area contributed by atoms with Crippen molar-refractivity contribution in [2.75, 3.05) is 5.32 Å². The third-order valence-electron chi connectivity index (χ3n) is 4.62. The lowest BCUT2D eigenvalue weighted by Crippen LogP contribution is -2.20. The summed E-state index contributed by atoms with van der Waals surface area (Å²) < 4.78 is 12.5. The molecule has 7 nitrogen and oxygen atoms in total. The van der Waals surface area contributed by atoms with Crippen LogP contribution in [-0.2, 0) is 24.9 Å². The summed E-state index contributed by atoms with van der Waals surface area (Å²) in [7, 11) is 1.74. The molecule has 1 N–H and O–H groups in total. The molecule has 0 radical (unpaired) electrons. The molecule has 7 heteroatoms. The monoisotopic (exact) mass is 365 g/mol. The number of hydrogen-bond donors (Lipinski definition) is 1. The van der Waals surface area contributed by atoms with Gasteiger partial charge < -0.3 is 19.0 Å². The number of amides is 1. The number of fused-ring (bicyclic) bond motifs is 1. The highest BCUT2D eigenvalue weighted by atomic mass is 16.5. The molecule has 27 heavy (non-hydrogen) atoms. The maximum absolute atomic E-state index is 12.0. The average Bonchev–Trinajstić information content (AvgIpc) is 3.17. The SMILES string of the molecule is Cc1cc(-c2cc3c(c(OCc4cocn4)c2)NC(=O)CC3)cn(C)c1=O. The predicted octanol–water partition coefficient (Wildman–Crippen LogP) is 2.81. The van der Waals surface area contributed by atoms with Crippen molar-refractivity contribution in [1.29, 1.82) is 0 Å². The maximum atomic E-state index is 12.0. The smallest absolute Gasteiger partial charge is 0.253 e. The van der Waals surface area contributed by atoms with Crippen LogP contribution < -0.4 is 15.6 Å². The van der Waals surface area contributed by atoms with Crippen molar-refractivity contribution in [2.45, 2.75) is 26.4 Å². The third-order valence-corrected chi connectivity index (χ3v) is 4.62. The van der Waals surface area contributed by atoms with Crippen molar-refractivity contribution in [3.05, 3.63) is 64.2 Å². The average molecular weight is 365 g/mol. The van der Waals surface area contributed by atoms with E-state index in [-0.39, 0.29) is 18.1 Å². The number of hydrogen-bond acceptors (Lipinski definition) is 5. The van der Waals surface area contributed by atoms with Gasteiger partial charge in [0.05, 0.1) is 5.69 Å². The lowest BCUT2D eigenvalue weighted by molar-refractivity contribution is -0.116. The molecular weight excluding hydrogens is 346 g/mol. The predicted molar refractivity (Wildman–Crippen MR) is 99.6 cm³/mol. The van der Waals surface area contributed by atoms with Crippen molar-refractivity contribution >= 4 is 11.6 Å². The number of ether oxygens (including phenoxy) is 1. The van der Waals surface area contributed by atoms with E-state index in [0.29, 0.717) is 35.5 Å². The van der Waals surface area contributed by atoms with E-state index >= 15 is 0 Å². The summed E-state index contributed by atoms with van der Waals surface area (Å²) in [6.45, 7) is 2.03. The van der Waals surface area contributed by atoms with Gasteiger partial charge in [-0.25, -0.2) is 4.98 Å². The Labute approximate surface area is 155 Å². The Hall–Kier alpha value is -3.35. The Morgan fingerprint density at radius 3 is 2.81 bits per heavy atom. The van der Waals surface area contributed by atoms with Gasteiger partial charge in [-0.3, -0.25) is 9.59 Å².